The Hall–Kier alpha value is -1.96. The molecular weight excluding hydrogens is 554 g/mol. The van der Waals surface area contributed by atoms with Gasteiger partial charge >= 0.3 is 5.69 Å². The van der Waals surface area contributed by atoms with Gasteiger partial charge in [-0.1, -0.05) is 39.8 Å². The van der Waals surface area contributed by atoms with E-state index < -0.39 is 10.9 Å². The third kappa shape index (κ3) is 12.3. The molecule has 1 unspecified atom stereocenters. The van der Waals surface area contributed by atoms with Crippen LogP contribution in [0.2, 0.25) is 0 Å². The largest absolute Gasteiger partial charge is 0.497 e. The Morgan fingerprint density at radius 1 is 1.03 bits per heavy atom. The minimum Gasteiger partial charge on any atom is -0.497 e. The first kappa shape index (κ1) is 30.3. The number of ether oxygens (including phenoxy) is 5. The van der Waals surface area contributed by atoms with Crippen molar-refractivity contribution in [3.8, 4) is 5.75 Å². The first-order valence-corrected chi connectivity index (χ1v) is 13.5. The van der Waals surface area contributed by atoms with Gasteiger partial charge in [0, 0.05) is 18.1 Å². The zero-order chi connectivity index (χ0) is 26.0. The quantitative estimate of drug-likeness (QED) is 0.110. The second-order valence-corrected chi connectivity index (χ2v) is 9.48. The van der Waals surface area contributed by atoms with Crippen LogP contribution in [0.3, 0.4) is 0 Å². The number of rotatable bonds is 19. The van der Waals surface area contributed by atoms with Crippen LogP contribution < -0.4 is 15.7 Å². The molecule has 2 aromatic rings. The summed E-state index contributed by atoms with van der Waals surface area (Å²) in [4.78, 5) is 31.0. The fraction of sp³-hybridized carbons (Fsp3) is 0.542. The van der Waals surface area contributed by atoms with Crippen molar-refractivity contribution in [3.63, 3.8) is 0 Å². The molecule has 10 nitrogen and oxygen atoms in total. The van der Waals surface area contributed by atoms with Crippen molar-refractivity contribution in [1.82, 2.24) is 15.3 Å². The molecule has 0 aliphatic heterocycles. The molecule has 0 spiro atoms. The van der Waals surface area contributed by atoms with Crippen molar-refractivity contribution >= 4 is 33.6 Å². The maximum atomic E-state index is 13.0. The molecule has 1 atom stereocenters. The maximum Gasteiger partial charge on any atom is 0.345 e. The molecule has 2 N–H and O–H groups in total. The molecule has 2 rings (SSSR count). The number of H-pyrrole nitrogens is 1. The fourth-order valence-corrected chi connectivity index (χ4v) is 4.07. The van der Waals surface area contributed by atoms with Crippen LogP contribution in [0.25, 0.3) is 0 Å². The van der Waals surface area contributed by atoms with Gasteiger partial charge in [0.1, 0.15) is 11.0 Å². The highest BCUT2D eigenvalue weighted by molar-refractivity contribution is 9.09. The van der Waals surface area contributed by atoms with E-state index in [-0.39, 0.29) is 12.5 Å². The Morgan fingerprint density at radius 3 is 2.25 bits per heavy atom. The highest BCUT2D eigenvalue weighted by Gasteiger charge is 2.22. The number of benzene rings is 1. The molecule has 0 aliphatic carbocycles. The lowest BCUT2D eigenvalue weighted by molar-refractivity contribution is -0.121. The van der Waals surface area contributed by atoms with Crippen molar-refractivity contribution in [2.24, 2.45) is 0 Å². The van der Waals surface area contributed by atoms with E-state index in [0.29, 0.717) is 57.8 Å². The zero-order valence-corrected chi connectivity index (χ0v) is 23.0. The van der Waals surface area contributed by atoms with E-state index in [4.69, 9.17) is 23.7 Å². The lowest BCUT2D eigenvalue weighted by atomic mass is 10.2. The number of hydrogen-bond donors (Lipinski definition) is 2. The Kier molecular flexibility index (Phi) is 15.4. The van der Waals surface area contributed by atoms with Crippen LogP contribution in [0.4, 0.5) is 0 Å². The van der Waals surface area contributed by atoms with Crippen LogP contribution in [0, 0.1) is 6.92 Å². The maximum absolute atomic E-state index is 13.0. The van der Waals surface area contributed by atoms with Gasteiger partial charge in [-0.25, -0.2) is 9.78 Å². The summed E-state index contributed by atoms with van der Waals surface area (Å²) in [7, 11) is 1.60. The van der Waals surface area contributed by atoms with E-state index in [2.05, 4.69) is 31.2 Å². The topological polar surface area (TPSA) is 121 Å². The average molecular weight is 589 g/mol. The molecule has 0 saturated carbocycles. The second-order valence-electron chi connectivity index (χ2n) is 7.47. The Balaban J connectivity index is 1.78. The second kappa shape index (κ2) is 18.3. The number of hydrogen-bond acceptors (Lipinski definition) is 9. The van der Waals surface area contributed by atoms with E-state index in [1.165, 1.54) is 18.0 Å². The Bertz CT molecular complexity index is 946. The van der Waals surface area contributed by atoms with Gasteiger partial charge < -0.3 is 34.0 Å². The summed E-state index contributed by atoms with van der Waals surface area (Å²) in [5, 5.41) is 3.74. The van der Waals surface area contributed by atoms with Crippen LogP contribution in [0.5, 0.6) is 5.75 Å². The van der Waals surface area contributed by atoms with E-state index in [1.54, 1.807) is 7.11 Å². The van der Waals surface area contributed by atoms with Gasteiger partial charge in [0.2, 0.25) is 5.91 Å². The monoisotopic (exact) mass is 587 g/mol. The average Bonchev–Trinajstić information content (AvgIpc) is 2.89. The number of aromatic amines is 1. The van der Waals surface area contributed by atoms with E-state index in [0.717, 1.165) is 22.2 Å². The molecule has 200 valence electrons. The summed E-state index contributed by atoms with van der Waals surface area (Å²) in [6, 6.07) is 7.45. The lowest BCUT2D eigenvalue weighted by Crippen LogP contribution is -2.35. The molecule has 1 aromatic carbocycles. The summed E-state index contributed by atoms with van der Waals surface area (Å²) in [5.74, 6) is 0.543. The number of nitrogens with zero attached hydrogens (tertiary/aromatic N) is 1. The van der Waals surface area contributed by atoms with Crippen LogP contribution in [-0.2, 0) is 30.3 Å². The Labute approximate surface area is 223 Å². The molecule has 12 heteroatoms. The number of halogens is 1. The van der Waals surface area contributed by atoms with Crippen molar-refractivity contribution < 1.29 is 28.5 Å². The third-order valence-corrected chi connectivity index (χ3v) is 6.36. The van der Waals surface area contributed by atoms with Gasteiger partial charge in [-0.05, 0) is 30.2 Å². The molecule has 36 heavy (non-hydrogen) atoms. The lowest BCUT2D eigenvalue weighted by Gasteiger charge is -2.17. The van der Waals surface area contributed by atoms with Crippen molar-refractivity contribution in [2.75, 3.05) is 65.3 Å². The molecule has 0 aliphatic rings. The highest BCUT2D eigenvalue weighted by Crippen LogP contribution is 2.24. The SMILES string of the molecule is COc1ccc(CNC(=O)C(COCCOCCOCCOCCBr)Sc2[nH]c(=O)ncc2C)cc1. The van der Waals surface area contributed by atoms with Gasteiger partial charge in [0.25, 0.3) is 0 Å². The molecule has 0 saturated heterocycles. The molecule has 0 fully saturated rings. The first-order valence-electron chi connectivity index (χ1n) is 11.5. The summed E-state index contributed by atoms with van der Waals surface area (Å²) in [6.45, 7) is 5.67. The Morgan fingerprint density at radius 2 is 1.64 bits per heavy atom. The number of amides is 1. The van der Waals surface area contributed by atoms with Gasteiger partial charge in [-0.15, -0.1) is 0 Å². The number of carbonyl (C=O) groups is 1. The van der Waals surface area contributed by atoms with Crippen molar-refractivity contribution in [2.45, 2.75) is 23.7 Å². The minimum absolute atomic E-state index is 0.147. The number of methoxy groups -OCH3 is 1. The molecule has 0 radical (unpaired) electrons. The number of thioether (sulfide) groups is 1. The van der Waals surface area contributed by atoms with E-state index >= 15 is 0 Å². The molecule has 1 amide bonds. The molecule has 0 bridgehead atoms. The van der Waals surface area contributed by atoms with Gasteiger partial charge in [0.05, 0.1) is 65.0 Å². The molecule has 1 heterocycles. The van der Waals surface area contributed by atoms with Crippen LogP contribution in [-0.4, -0.2) is 86.4 Å². The van der Waals surface area contributed by atoms with E-state index in [1.807, 2.05) is 31.2 Å². The van der Waals surface area contributed by atoms with Gasteiger partial charge in [0.15, 0.2) is 0 Å². The molecule has 1 aromatic heterocycles. The van der Waals surface area contributed by atoms with E-state index in [9.17, 15) is 9.59 Å². The van der Waals surface area contributed by atoms with Crippen molar-refractivity contribution in [3.05, 3.63) is 52.1 Å². The predicted octanol–water partition coefficient (Wildman–Crippen LogP) is 2.33. The smallest absolute Gasteiger partial charge is 0.345 e. The number of nitrogens with one attached hydrogen (secondary N) is 2. The third-order valence-electron chi connectivity index (χ3n) is 4.74. The normalized spacial score (nSPS) is 11.9. The number of alkyl halides is 1. The summed E-state index contributed by atoms with van der Waals surface area (Å²) >= 11 is 4.53. The van der Waals surface area contributed by atoms with Crippen molar-refractivity contribution in [1.29, 1.82) is 0 Å². The van der Waals surface area contributed by atoms with Crippen LogP contribution >= 0.6 is 27.7 Å². The molecular formula is C24H34BrN3O7S. The summed E-state index contributed by atoms with van der Waals surface area (Å²) in [5.41, 5.74) is 1.24. The number of carbonyl (C=O) groups excluding carboxylic acids is 1. The highest BCUT2D eigenvalue weighted by atomic mass is 79.9. The van der Waals surface area contributed by atoms with Crippen LogP contribution in [0.15, 0.2) is 40.3 Å². The van der Waals surface area contributed by atoms with Gasteiger partial charge in [-0.3, -0.25) is 4.79 Å². The number of aromatic nitrogens is 2. The summed E-state index contributed by atoms with van der Waals surface area (Å²) < 4.78 is 27.1. The first-order chi connectivity index (χ1) is 17.5. The van der Waals surface area contributed by atoms with Crippen LogP contribution in [0.1, 0.15) is 11.1 Å². The summed E-state index contributed by atoms with van der Waals surface area (Å²) in [6.07, 6.45) is 1.48. The van der Waals surface area contributed by atoms with Gasteiger partial charge in [-0.2, -0.15) is 0 Å². The number of aryl methyl sites for hydroxylation is 1. The standard InChI is InChI=1S/C24H34BrN3O7S/c1-18-15-27-24(30)28-23(18)36-21(22(29)26-16-19-3-5-20(31-2)6-4-19)17-35-14-13-34-12-11-33-10-9-32-8-7-25/h3-6,15,21H,7-14,16-17H2,1-2H3,(H,26,29)(H,27,28,30). The fourth-order valence-electron chi connectivity index (χ4n) is 2.82. The minimum atomic E-state index is -0.581. The predicted molar refractivity (Wildman–Crippen MR) is 141 cm³/mol. The zero-order valence-electron chi connectivity index (χ0n) is 20.6.